The molecule has 0 spiro atoms. The van der Waals surface area contributed by atoms with Crippen LogP contribution in [0.4, 0.5) is 11.4 Å². The normalized spacial score (nSPS) is 10.0. The van der Waals surface area contributed by atoms with Crippen molar-refractivity contribution < 1.29 is 23.9 Å². The number of anilines is 2. The summed E-state index contributed by atoms with van der Waals surface area (Å²) in [5.74, 6) is -1.69. The van der Waals surface area contributed by atoms with Crippen LogP contribution in [0.3, 0.4) is 0 Å². The fraction of sp³-hybridized carbons (Fsp3) is 0.250. The SMILES string of the molecule is CCOC(=O)c1ccccc1NC(=O)COC(=O)c1ccc(N(C)C)cc1. The number of nitrogens with zero attached hydrogens (tertiary/aromatic N) is 1. The van der Waals surface area contributed by atoms with Gasteiger partial charge in [0.05, 0.1) is 23.4 Å². The van der Waals surface area contributed by atoms with Crippen molar-refractivity contribution in [1.82, 2.24) is 0 Å². The van der Waals surface area contributed by atoms with Gasteiger partial charge in [-0.3, -0.25) is 4.79 Å². The van der Waals surface area contributed by atoms with E-state index in [1.54, 1.807) is 55.5 Å². The maximum atomic E-state index is 12.1. The Balaban J connectivity index is 1.95. The summed E-state index contributed by atoms with van der Waals surface area (Å²) >= 11 is 0. The van der Waals surface area contributed by atoms with E-state index >= 15 is 0 Å². The van der Waals surface area contributed by atoms with Crippen molar-refractivity contribution in [2.45, 2.75) is 6.92 Å². The minimum atomic E-state index is -0.603. The van der Waals surface area contributed by atoms with Gasteiger partial charge in [0.1, 0.15) is 0 Å². The highest BCUT2D eigenvalue weighted by Crippen LogP contribution is 2.16. The van der Waals surface area contributed by atoms with Crippen LogP contribution in [0.25, 0.3) is 0 Å². The van der Waals surface area contributed by atoms with Gasteiger partial charge in [0, 0.05) is 19.8 Å². The minimum Gasteiger partial charge on any atom is -0.462 e. The summed E-state index contributed by atoms with van der Waals surface area (Å²) < 4.78 is 9.98. The average Bonchev–Trinajstić information content (AvgIpc) is 2.66. The van der Waals surface area contributed by atoms with E-state index in [-0.39, 0.29) is 12.2 Å². The number of benzene rings is 2. The topological polar surface area (TPSA) is 84.9 Å². The lowest BCUT2D eigenvalue weighted by molar-refractivity contribution is -0.119. The van der Waals surface area contributed by atoms with Gasteiger partial charge in [0.2, 0.25) is 0 Å². The second-order valence-corrected chi connectivity index (χ2v) is 5.83. The Morgan fingerprint density at radius 2 is 1.59 bits per heavy atom. The molecule has 1 N–H and O–H groups in total. The molecular formula is C20H22N2O5. The number of nitrogens with one attached hydrogen (secondary N) is 1. The second kappa shape index (κ2) is 9.38. The highest BCUT2D eigenvalue weighted by atomic mass is 16.5. The molecule has 0 aliphatic rings. The predicted molar refractivity (Wildman–Crippen MR) is 102 cm³/mol. The van der Waals surface area contributed by atoms with Crippen molar-refractivity contribution in [1.29, 1.82) is 0 Å². The van der Waals surface area contributed by atoms with Crippen molar-refractivity contribution in [2.24, 2.45) is 0 Å². The molecule has 7 heteroatoms. The number of hydrogen-bond donors (Lipinski definition) is 1. The maximum Gasteiger partial charge on any atom is 0.340 e. The Morgan fingerprint density at radius 3 is 2.22 bits per heavy atom. The fourth-order valence-electron chi connectivity index (χ4n) is 2.28. The van der Waals surface area contributed by atoms with Gasteiger partial charge in [0.15, 0.2) is 6.61 Å². The molecule has 0 saturated heterocycles. The van der Waals surface area contributed by atoms with Gasteiger partial charge in [-0.15, -0.1) is 0 Å². The van der Waals surface area contributed by atoms with Crippen LogP contribution in [-0.4, -0.2) is 45.2 Å². The molecule has 0 aromatic heterocycles. The van der Waals surface area contributed by atoms with E-state index in [1.807, 2.05) is 19.0 Å². The smallest absolute Gasteiger partial charge is 0.340 e. The monoisotopic (exact) mass is 370 g/mol. The first-order valence-corrected chi connectivity index (χ1v) is 8.43. The van der Waals surface area contributed by atoms with Gasteiger partial charge in [0.25, 0.3) is 5.91 Å². The van der Waals surface area contributed by atoms with Gasteiger partial charge < -0.3 is 19.7 Å². The van der Waals surface area contributed by atoms with Crippen LogP contribution in [0.5, 0.6) is 0 Å². The number of ether oxygens (including phenoxy) is 2. The molecule has 0 fully saturated rings. The van der Waals surface area contributed by atoms with E-state index < -0.39 is 24.5 Å². The lowest BCUT2D eigenvalue weighted by atomic mass is 10.2. The third kappa shape index (κ3) is 5.57. The molecule has 7 nitrogen and oxygen atoms in total. The van der Waals surface area contributed by atoms with Crippen molar-refractivity contribution in [3.8, 4) is 0 Å². The number of amides is 1. The van der Waals surface area contributed by atoms with Crippen molar-refractivity contribution >= 4 is 29.2 Å². The summed E-state index contributed by atoms with van der Waals surface area (Å²) in [6, 6.07) is 13.3. The zero-order chi connectivity index (χ0) is 19.8. The maximum absolute atomic E-state index is 12.1. The molecule has 0 bridgehead atoms. The van der Waals surface area contributed by atoms with E-state index in [4.69, 9.17) is 9.47 Å². The Labute approximate surface area is 157 Å². The van der Waals surface area contributed by atoms with Gasteiger partial charge in [-0.05, 0) is 43.3 Å². The van der Waals surface area contributed by atoms with E-state index in [1.165, 1.54) is 0 Å². The fourth-order valence-corrected chi connectivity index (χ4v) is 2.28. The molecule has 27 heavy (non-hydrogen) atoms. The molecule has 0 radical (unpaired) electrons. The standard InChI is InChI=1S/C20H22N2O5/c1-4-26-20(25)16-7-5-6-8-17(16)21-18(23)13-27-19(24)14-9-11-15(12-10-14)22(2)3/h5-12H,4,13H2,1-3H3,(H,21,23). The first-order valence-electron chi connectivity index (χ1n) is 8.43. The van der Waals surface area contributed by atoms with Crippen LogP contribution in [0.2, 0.25) is 0 Å². The Kier molecular flexibility index (Phi) is 6.93. The molecule has 2 aromatic rings. The molecule has 0 heterocycles. The number of esters is 2. The average molecular weight is 370 g/mol. The zero-order valence-electron chi connectivity index (χ0n) is 15.5. The Bertz CT molecular complexity index is 815. The van der Waals surface area contributed by atoms with Crippen LogP contribution in [-0.2, 0) is 14.3 Å². The molecule has 0 atom stereocenters. The second-order valence-electron chi connectivity index (χ2n) is 5.83. The van der Waals surface area contributed by atoms with Crippen molar-refractivity contribution in [3.05, 3.63) is 59.7 Å². The minimum absolute atomic E-state index is 0.228. The van der Waals surface area contributed by atoms with Crippen LogP contribution >= 0.6 is 0 Å². The largest absolute Gasteiger partial charge is 0.462 e. The summed E-state index contributed by atoms with van der Waals surface area (Å²) in [6.45, 7) is 1.46. The summed E-state index contributed by atoms with van der Waals surface area (Å²) in [6.07, 6.45) is 0. The Morgan fingerprint density at radius 1 is 0.926 bits per heavy atom. The molecule has 0 aliphatic heterocycles. The zero-order valence-corrected chi connectivity index (χ0v) is 15.5. The first kappa shape index (κ1) is 20.0. The number of carbonyl (C=O) groups excluding carboxylic acids is 3. The van der Waals surface area contributed by atoms with Crippen LogP contribution < -0.4 is 10.2 Å². The molecule has 2 aromatic carbocycles. The van der Waals surface area contributed by atoms with Gasteiger partial charge in [-0.25, -0.2) is 9.59 Å². The van der Waals surface area contributed by atoms with Crippen LogP contribution in [0, 0.1) is 0 Å². The predicted octanol–water partition coefficient (Wildman–Crippen LogP) is 2.72. The molecule has 142 valence electrons. The first-order chi connectivity index (χ1) is 12.9. The quantitative estimate of drug-likeness (QED) is 0.755. The molecule has 0 saturated carbocycles. The number of rotatable bonds is 7. The molecule has 0 unspecified atom stereocenters. The van der Waals surface area contributed by atoms with Gasteiger partial charge in [-0.1, -0.05) is 12.1 Å². The number of carbonyl (C=O) groups is 3. The van der Waals surface area contributed by atoms with E-state index in [2.05, 4.69) is 5.32 Å². The van der Waals surface area contributed by atoms with Crippen LogP contribution in [0.15, 0.2) is 48.5 Å². The molecule has 2 rings (SSSR count). The third-order valence-electron chi connectivity index (χ3n) is 3.65. The van der Waals surface area contributed by atoms with E-state index in [0.29, 0.717) is 11.3 Å². The van der Waals surface area contributed by atoms with Crippen molar-refractivity contribution in [2.75, 3.05) is 37.5 Å². The molecular weight excluding hydrogens is 348 g/mol. The van der Waals surface area contributed by atoms with Gasteiger partial charge in [-0.2, -0.15) is 0 Å². The number of hydrogen-bond acceptors (Lipinski definition) is 6. The van der Waals surface area contributed by atoms with Crippen LogP contribution in [0.1, 0.15) is 27.6 Å². The third-order valence-corrected chi connectivity index (χ3v) is 3.65. The lowest BCUT2D eigenvalue weighted by Gasteiger charge is -2.12. The van der Waals surface area contributed by atoms with E-state index in [9.17, 15) is 14.4 Å². The lowest BCUT2D eigenvalue weighted by Crippen LogP contribution is -2.22. The van der Waals surface area contributed by atoms with Gasteiger partial charge >= 0.3 is 11.9 Å². The summed E-state index contributed by atoms with van der Waals surface area (Å²) in [5, 5.41) is 2.56. The molecule has 0 aliphatic carbocycles. The van der Waals surface area contributed by atoms with Crippen molar-refractivity contribution in [3.63, 3.8) is 0 Å². The highest BCUT2D eigenvalue weighted by Gasteiger charge is 2.15. The summed E-state index contributed by atoms with van der Waals surface area (Å²) in [7, 11) is 3.79. The summed E-state index contributed by atoms with van der Waals surface area (Å²) in [4.78, 5) is 37.9. The number of para-hydroxylation sites is 1. The molecule has 1 amide bonds. The summed E-state index contributed by atoms with van der Waals surface area (Å²) in [5.41, 5.74) is 1.82. The highest BCUT2D eigenvalue weighted by molar-refractivity contribution is 6.02. The van der Waals surface area contributed by atoms with E-state index in [0.717, 1.165) is 5.69 Å². The Hall–Kier alpha value is -3.35.